The molecule has 3 saturated carbocycles. The lowest BCUT2D eigenvalue weighted by Gasteiger charge is -2.45. The molecule has 1 aromatic rings. The first-order chi connectivity index (χ1) is 48.8. The van der Waals surface area contributed by atoms with Crippen LogP contribution in [0, 0.1) is 23.7 Å². The van der Waals surface area contributed by atoms with E-state index in [4.69, 9.17) is 11.6 Å². The van der Waals surface area contributed by atoms with Crippen LogP contribution in [0.25, 0.3) is 0 Å². The predicted octanol–water partition coefficient (Wildman–Crippen LogP) is 5.10. The van der Waals surface area contributed by atoms with Gasteiger partial charge in [0, 0.05) is 83.1 Å². The minimum Gasteiger partial charge on any atom is -0.347 e. The Balaban J connectivity index is 1.33. The minimum atomic E-state index is -4.80. The smallest absolute Gasteiger partial charge is 0.347 e. The number of likely N-dealkylation sites (tertiary alicyclic amines) is 1. The van der Waals surface area contributed by atoms with E-state index in [1.54, 1.807) is 6.92 Å². The van der Waals surface area contributed by atoms with Crippen molar-refractivity contribution in [1.82, 2.24) is 64.9 Å². The first-order valence-corrected chi connectivity index (χ1v) is 37.6. The van der Waals surface area contributed by atoms with E-state index in [2.05, 4.69) is 16.0 Å². The number of benzene rings is 1. The maximum Gasteiger partial charge on any atom is 0.417 e. The van der Waals surface area contributed by atoms with Crippen molar-refractivity contribution in [2.45, 2.75) is 242 Å². The number of fused-ring (bicyclic) bond motifs is 1. The Morgan fingerprint density at radius 1 is 0.663 bits per heavy atom. The summed E-state index contributed by atoms with van der Waals surface area (Å²) in [6.45, 7) is 8.95. The van der Waals surface area contributed by atoms with E-state index >= 15 is 24.0 Å². The van der Waals surface area contributed by atoms with Gasteiger partial charge in [-0.1, -0.05) is 110 Å². The highest BCUT2D eigenvalue weighted by Gasteiger charge is 2.52. The summed E-state index contributed by atoms with van der Waals surface area (Å²) in [5, 5.41) is 7.98. The highest BCUT2D eigenvalue weighted by molar-refractivity contribution is 6.31. The van der Waals surface area contributed by atoms with E-state index < -0.39 is 185 Å². The topological polar surface area (TPSA) is 290 Å². The Labute approximate surface area is 615 Å². The molecule has 13 amide bonds. The number of alkyl halides is 3. The summed E-state index contributed by atoms with van der Waals surface area (Å²) in [5.74, 6) is -10.3. The summed E-state index contributed by atoms with van der Waals surface area (Å²) in [6.07, 6.45) is 2.67. The zero-order valence-electron chi connectivity index (χ0n) is 63.4. The van der Waals surface area contributed by atoms with Crippen LogP contribution >= 0.6 is 11.6 Å². The van der Waals surface area contributed by atoms with Crippen molar-refractivity contribution >= 4 is 88.4 Å². The SMILES string of the molecule is CC[C@H](C)[C@@H]1NC(=O)[C@H](CC(C)C)N(C)C(=O)C[C@@H](C(=O)N(C)C)N(C)C(=O)[C@H](C2CCCC2)N(C)C(=O)C2(CCCC2)NC(=O)[C@H](CC(=O)N2CCC2)N(C)C(=O)[C@H](CCc2ccc(C(F)(F)F)c(Cl)c2)NC(=O)CN(C)C(=O)[C@H](CC2CCCCC2)N(C)C(=O)C2CCN2C(=O)[C@H](C)N(C)C1=O. The van der Waals surface area contributed by atoms with Crippen molar-refractivity contribution in [2.24, 2.45) is 23.7 Å². The molecule has 0 radical (unpaired) electrons. The van der Waals surface area contributed by atoms with E-state index in [0.717, 1.165) is 58.9 Å². The number of nitrogens with zero attached hydrogens (tertiary/aromatic N) is 10. The van der Waals surface area contributed by atoms with Crippen LogP contribution < -0.4 is 16.0 Å². The van der Waals surface area contributed by atoms with Crippen molar-refractivity contribution in [3.8, 4) is 0 Å². The second-order valence-electron chi connectivity index (χ2n) is 30.8. The molecule has 26 nitrogen and oxygen atoms in total. The van der Waals surface area contributed by atoms with Gasteiger partial charge in [-0.3, -0.25) is 62.3 Å². The maximum atomic E-state index is 15.8. The Hall–Kier alpha value is -7.59. The molecule has 30 heteroatoms. The lowest BCUT2D eigenvalue weighted by atomic mass is 9.84. The summed E-state index contributed by atoms with van der Waals surface area (Å²) in [7, 11) is 12.6. The molecule has 7 rings (SSSR count). The Kier molecular flexibility index (Phi) is 29.1. The van der Waals surface area contributed by atoms with Crippen LogP contribution in [-0.4, -0.2) is 275 Å². The van der Waals surface area contributed by atoms with Gasteiger partial charge in [-0.2, -0.15) is 13.2 Å². The Bertz CT molecular complexity index is 3320. The average Bonchev–Trinajstić information content (AvgIpc) is 1.50. The van der Waals surface area contributed by atoms with E-state index in [9.17, 15) is 51.5 Å². The van der Waals surface area contributed by atoms with Crippen molar-refractivity contribution in [2.75, 3.05) is 89.6 Å². The van der Waals surface area contributed by atoms with Crippen LogP contribution in [-0.2, 0) is 74.9 Å². The van der Waals surface area contributed by atoms with E-state index in [1.807, 2.05) is 20.8 Å². The number of nitrogens with one attached hydrogen (secondary N) is 3. The molecule has 104 heavy (non-hydrogen) atoms. The maximum absolute atomic E-state index is 15.8. The molecule has 1 spiro atoms. The Morgan fingerprint density at radius 3 is 1.83 bits per heavy atom. The molecular formula is C74H113ClF3N13O13. The lowest BCUT2D eigenvalue weighted by molar-refractivity contribution is -0.160. The molecule has 0 bridgehead atoms. The van der Waals surface area contributed by atoms with Gasteiger partial charge < -0.3 is 64.9 Å². The normalized spacial score (nSPS) is 27.3. The first-order valence-electron chi connectivity index (χ1n) is 37.3. The summed E-state index contributed by atoms with van der Waals surface area (Å²) < 4.78 is 41.9. The average molecular weight is 1490 g/mol. The number of hydrogen-bond acceptors (Lipinski definition) is 13. The fourth-order valence-corrected chi connectivity index (χ4v) is 16.0. The van der Waals surface area contributed by atoms with Crippen LogP contribution in [0.3, 0.4) is 0 Å². The summed E-state index contributed by atoms with van der Waals surface area (Å²) in [4.78, 5) is 207. The van der Waals surface area contributed by atoms with Crippen LogP contribution in [0.5, 0.6) is 0 Å². The number of carbonyl (C=O) groups excluding carboxylic acids is 13. The van der Waals surface area contributed by atoms with Gasteiger partial charge in [0.15, 0.2) is 0 Å². The summed E-state index contributed by atoms with van der Waals surface area (Å²) in [5.41, 5.74) is -2.60. The largest absolute Gasteiger partial charge is 0.417 e. The third kappa shape index (κ3) is 19.7. The van der Waals surface area contributed by atoms with Crippen molar-refractivity contribution in [3.63, 3.8) is 0 Å². The number of rotatable bonds is 13. The van der Waals surface area contributed by atoms with Crippen molar-refractivity contribution in [1.29, 1.82) is 0 Å². The third-order valence-electron chi connectivity index (χ3n) is 23.0. The van der Waals surface area contributed by atoms with Gasteiger partial charge >= 0.3 is 6.18 Å². The minimum absolute atomic E-state index is 0.0107. The van der Waals surface area contributed by atoms with Crippen LogP contribution in [0.1, 0.15) is 181 Å². The Morgan fingerprint density at radius 2 is 1.28 bits per heavy atom. The van der Waals surface area contributed by atoms with Gasteiger partial charge in [0.05, 0.1) is 30.0 Å². The van der Waals surface area contributed by atoms with Crippen molar-refractivity contribution < 1.29 is 75.5 Å². The highest BCUT2D eigenvalue weighted by atomic mass is 35.5. The van der Waals surface area contributed by atoms with Crippen LogP contribution in [0.2, 0.25) is 5.02 Å². The molecule has 6 aliphatic rings. The number of hydrogen-bond donors (Lipinski definition) is 3. The number of aryl methyl sites for hydroxylation is 1. The van der Waals surface area contributed by atoms with Gasteiger partial charge in [-0.25, -0.2) is 0 Å². The fraction of sp³-hybridized carbons (Fsp3) is 0.743. The fourth-order valence-electron chi connectivity index (χ4n) is 15.7. The molecule has 1 aromatic carbocycles. The molecule has 10 atom stereocenters. The molecule has 3 saturated heterocycles. The summed E-state index contributed by atoms with van der Waals surface area (Å²) >= 11 is 6.18. The molecule has 6 fully saturated rings. The molecular weight excluding hydrogens is 1370 g/mol. The van der Waals surface area contributed by atoms with Gasteiger partial charge in [0.25, 0.3) is 0 Å². The van der Waals surface area contributed by atoms with Gasteiger partial charge in [-0.05, 0) is 112 Å². The van der Waals surface area contributed by atoms with Crippen LogP contribution in [0.4, 0.5) is 13.2 Å². The molecule has 580 valence electrons. The first kappa shape index (κ1) is 83.7. The van der Waals surface area contributed by atoms with Gasteiger partial charge in [0.1, 0.15) is 59.9 Å². The van der Waals surface area contributed by atoms with Gasteiger partial charge in [-0.15, -0.1) is 0 Å². The second kappa shape index (κ2) is 36.1. The standard InChI is InChI=1S/C74H113ClF3N13O13/c1-15-45(4)61-70(102)84(9)46(5)65(97)91-37-32-53(91)69(101)87(12)56(40-47-24-17-16-18-25-47)68(100)83(8)43-58(92)79-52(31-29-48-28-30-50(51(75)39-48)74(76,77)78)66(98)86(11)55(41-60(94)90-35-23-36-90)64(96)81-73(33-21-22-34-73)72(104)89(14)62(49-26-19-20-27-49)71(103)88(13)57(67(99)82(6)7)42-59(93)85(10)54(38-44(2)3)63(95)80-61/h28,30,39,44-47,49,52-57,61-62H,15-27,29,31-38,40-43H2,1-14H3,(H,79,92)(H,80,95)(H,81,96)/t45-,46-,52-,53?,54-,55-,56-,57-,61-,62-/m0/s1. The molecule has 3 N–H and O–H groups in total. The molecule has 1 unspecified atom stereocenters. The molecule has 3 aliphatic heterocycles. The van der Waals surface area contributed by atoms with E-state index in [1.165, 1.54) is 111 Å². The molecule has 3 heterocycles. The predicted molar refractivity (Wildman–Crippen MR) is 382 cm³/mol. The third-order valence-corrected chi connectivity index (χ3v) is 23.3. The molecule has 3 aliphatic carbocycles. The lowest BCUT2D eigenvalue weighted by Crippen LogP contribution is -2.65. The molecule has 0 aromatic heterocycles. The number of carbonyl (C=O) groups is 13. The number of amides is 13. The van der Waals surface area contributed by atoms with Gasteiger partial charge in [0.2, 0.25) is 76.8 Å². The zero-order chi connectivity index (χ0) is 77.1. The van der Waals surface area contributed by atoms with Crippen molar-refractivity contribution in [3.05, 3.63) is 34.3 Å². The second-order valence-corrected chi connectivity index (χ2v) is 31.2. The van der Waals surface area contributed by atoms with Crippen LogP contribution in [0.15, 0.2) is 18.2 Å². The number of likely N-dealkylation sites (N-methyl/N-ethyl adjacent to an activating group) is 8. The highest BCUT2D eigenvalue weighted by Crippen LogP contribution is 2.39. The quantitative estimate of drug-likeness (QED) is 0.232. The zero-order valence-corrected chi connectivity index (χ0v) is 64.2. The van der Waals surface area contributed by atoms with E-state index in [-0.39, 0.29) is 68.9 Å². The monoisotopic (exact) mass is 1480 g/mol. The van der Waals surface area contributed by atoms with E-state index in [0.29, 0.717) is 64.5 Å². The number of halogens is 4. The summed E-state index contributed by atoms with van der Waals surface area (Å²) in [6, 6.07) is -8.81.